The van der Waals surface area contributed by atoms with E-state index in [1.165, 1.54) is 0 Å². The van der Waals surface area contributed by atoms with Crippen LogP contribution in [0.15, 0.2) is 467 Å². The number of para-hydroxylation sites is 12. The summed E-state index contributed by atoms with van der Waals surface area (Å²) in [6, 6.07) is 120. The molecule has 0 saturated heterocycles. The number of aromatic nitrogens is 14. The molecule has 0 aliphatic carbocycles. The average molecular weight is 2270 g/mol. The molecule has 0 fully saturated rings. The largest absolute Gasteiger partial charge is 2.00 e. The van der Waals surface area contributed by atoms with E-state index in [-0.39, 0.29) is 106 Å². The molecule has 733 valence electrons. The maximum absolute atomic E-state index is 5.48. The van der Waals surface area contributed by atoms with Gasteiger partial charge in [0.2, 0.25) is 0 Å². The Balaban J connectivity index is 0.000000126. The molecule has 6 aromatic heterocycles. The molecule has 0 atom stereocenters. The summed E-state index contributed by atoms with van der Waals surface area (Å²) in [5.41, 5.74) is 17.1. The fraction of sp³-hybridized carbons (Fsp3) is 0.0702. The van der Waals surface area contributed by atoms with Gasteiger partial charge in [0.25, 0.3) is 0 Å². The summed E-state index contributed by atoms with van der Waals surface area (Å²) in [6.45, 7) is 13.1. The molecule has 18 aromatic rings. The Hall–Kier alpha value is -18.3. The molecule has 0 amide bonds. The number of hydrazone groups is 2. The molecule has 12 aromatic carbocycles. The van der Waals surface area contributed by atoms with Crippen molar-refractivity contribution in [2.24, 2.45) is 30.2 Å². The fourth-order valence-electron chi connectivity index (χ4n) is 18.0. The molecular weight excluding hydrogens is 2180 g/mol. The van der Waals surface area contributed by atoms with Crippen molar-refractivity contribution in [2.45, 2.75) is 52.4 Å². The van der Waals surface area contributed by atoms with Gasteiger partial charge in [-0.15, -0.1) is 10.2 Å². The van der Waals surface area contributed by atoms with Gasteiger partial charge in [0.1, 0.15) is 35.0 Å². The minimum Gasteiger partial charge on any atom is -0.439 e. The van der Waals surface area contributed by atoms with E-state index in [2.05, 4.69) is 182 Å². The third kappa shape index (κ3) is 18.1. The standard InChI is InChI=1S/C46H42N8.C36H24N10.C32H20N14.Cu.Pd.Pt/c1-31-41-47-37(27-51(41)33-19-11-7-12-20-33)45(3,4)39-29-53(35-23-15-9-16-24-35)43(49-39)32(2)44-50-40(30-54(44)36-25-17-10-18-26-36)46(5,6)38-28-52(42(31)48-38)34-21-13-8-14-22-34;1-5-13-25(14-6-1)43-24-32-40-33(43)31-23-46(28-19-11-4-12-20-28)36(39-31)42-35-38-30(22-45(35)27-17-9-3-10-18-27)29-21-44(34(37-29)41-32)26-15-7-2-8-16-26;1-5-13-21(14-6-1)43-29-33-25(39-43)26-34-31(45(40-26)23-17-9-3-10-18-23)38-32-36-28(42-46(32)24-19-11-4-12-20-24)27-35-30(37-29)44(41-27)22-15-7-2-8-16-22;;;/h7-30H,1-6H3;1-24H;1-20H;;;/q3*-2;3*+2. The van der Waals surface area contributed by atoms with Crippen molar-refractivity contribution in [2.75, 3.05) is 29.6 Å². The number of anilines is 6. The van der Waals surface area contributed by atoms with Crippen LogP contribution in [0.4, 0.5) is 57.8 Å². The summed E-state index contributed by atoms with van der Waals surface area (Å²) in [5.74, 6) is 7.85. The monoisotopic (exact) mass is 2270 g/mol. The van der Waals surface area contributed by atoms with E-state index in [9.17, 15) is 0 Å². The van der Waals surface area contributed by atoms with Gasteiger partial charge < -0.3 is 71.5 Å². The Bertz CT molecular complexity index is 8160. The molecular formula is C114H86CuN32PdPt. The fourth-order valence-corrected chi connectivity index (χ4v) is 18.0. The second kappa shape index (κ2) is 40.0. The number of benzene rings is 12. The van der Waals surface area contributed by atoms with Crippen molar-refractivity contribution in [3.05, 3.63) is 515 Å². The summed E-state index contributed by atoms with van der Waals surface area (Å²) >= 11 is 0. The van der Waals surface area contributed by atoms with Gasteiger partial charge >= 0.3 is 58.6 Å². The summed E-state index contributed by atoms with van der Waals surface area (Å²) in [6.07, 6.45) is 16.4. The second-order valence-electron chi connectivity index (χ2n) is 36.0. The number of nitrogens with zero attached hydrogens (tertiary/aromatic N) is 32. The zero-order valence-electron chi connectivity index (χ0n) is 80.5. The van der Waals surface area contributed by atoms with E-state index in [0.29, 0.717) is 46.6 Å². The van der Waals surface area contributed by atoms with E-state index < -0.39 is 10.8 Å². The predicted molar refractivity (Wildman–Crippen MR) is 575 cm³/mol. The van der Waals surface area contributed by atoms with Gasteiger partial charge in [0.05, 0.1) is 40.4 Å². The minimum absolute atomic E-state index is 0. The molecule has 32 nitrogen and oxygen atoms in total. The summed E-state index contributed by atoms with van der Waals surface area (Å²) in [7, 11) is 0. The molecule has 9 aliphatic heterocycles. The molecule has 1 radical (unpaired) electrons. The number of fused-ring (bicyclic) bond motifs is 28. The number of rotatable bonds is 12. The number of hydrogen-bond donors (Lipinski definition) is 0. The van der Waals surface area contributed by atoms with Crippen LogP contribution < -0.4 is 29.6 Å². The van der Waals surface area contributed by atoms with Crippen molar-refractivity contribution in [3.63, 3.8) is 0 Å². The third-order valence-electron chi connectivity index (χ3n) is 25.8. The van der Waals surface area contributed by atoms with Crippen molar-refractivity contribution in [3.8, 4) is 34.1 Å². The number of guanidine groups is 4. The van der Waals surface area contributed by atoms with Crippen LogP contribution in [0.5, 0.6) is 0 Å². The molecule has 149 heavy (non-hydrogen) atoms. The molecule has 0 N–H and O–H groups in total. The van der Waals surface area contributed by atoms with E-state index in [1.807, 2.05) is 311 Å². The van der Waals surface area contributed by atoms with E-state index in [4.69, 9.17) is 102 Å². The van der Waals surface area contributed by atoms with Gasteiger partial charge in [0, 0.05) is 93.1 Å². The van der Waals surface area contributed by atoms with Crippen LogP contribution in [-0.4, -0.2) is 103 Å². The van der Waals surface area contributed by atoms with E-state index >= 15 is 0 Å². The maximum atomic E-state index is 5.48. The molecule has 0 saturated carbocycles. The molecule has 0 unspecified atom stereocenters. The Morgan fingerprint density at radius 1 is 0.262 bits per heavy atom. The SMILES string of the molecule is C1=C2[N-]C(=Nc3cn(-c4ccccc4)c(n3)C3=CN(c4ccccc4)C(=Nc4nc2cn4-c2ccccc2)[N-]3)N1c1ccccc1.CC1=C2[N-]C(=CN2c2ccccc2)C(C)(C)c2cn(-c3ccccc3)c(n2)C(C)=C2[N-]C(=CN2c2ccccc2)C(C)(C)c2cn(-c3ccccc3)c1n2.[Cu+2].[Pd+2].[Pt+2].c1ccc(N2N=C3[N-]C2=Nc2nc(nn2-c2ccccc2)C2=NN(c4ccccc4)C(=Nc4nc3nn4-c3ccccc3)[N-]2)cc1. The Morgan fingerprint density at radius 2 is 0.570 bits per heavy atom. The molecule has 15 heterocycles. The molecule has 0 spiro atoms. The number of allylic oxidation sites excluding steroid dienone is 4. The average Bonchev–Trinajstić information content (AvgIpc) is 1.60. The Kier molecular flexibility index (Phi) is 25.7. The maximum Gasteiger partial charge on any atom is 2.00 e. The number of imidazole rings is 4. The van der Waals surface area contributed by atoms with Crippen molar-refractivity contribution in [1.29, 1.82) is 0 Å². The minimum atomic E-state index is -0.580. The Labute approximate surface area is 896 Å². The first-order chi connectivity index (χ1) is 71.6. The zero-order valence-corrected chi connectivity index (χ0v) is 85.3. The van der Waals surface area contributed by atoms with Crippen molar-refractivity contribution in [1.82, 2.24) is 67.7 Å². The van der Waals surface area contributed by atoms with Gasteiger partial charge in [-0.05, 0) is 169 Å². The van der Waals surface area contributed by atoms with E-state index in [0.717, 1.165) is 125 Å². The zero-order chi connectivity index (χ0) is 98.1. The van der Waals surface area contributed by atoms with Crippen LogP contribution in [-0.2, 0) is 69.4 Å². The molecule has 9 aliphatic rings. The van der Waals surface area contributed by atoms with Crippen LogP contribution in [0.3, 0.4) is 0 Å². The summed E-state index contributed by atoms with van der Waals surface area (Å²) < 4.78 is 11.6. The quantitative estimate of drug-likeness (QED) is 0.103. The van der Waals surface area contributed by atoms with Crippen LogP contribution in [0.2, 0.25) is 0 Å². The first-order valence-electron chi connectivity index (χ1n) is 47.5. The number of aliphatic imine (C=N–C) groups is 4. The van der Waals surface area contributed by atoms with Gasteiger partial charge in [-0.25, -0.2) is 29.3 Å². The molecule has 35 heteroatoms. The van der Waals surface area contributed by atoms with Gasteiger partial charge in [-0.2, -0.15) is 9.97 Å². The third-order valence-corrected chi connectivity index (χ3v) is 25.8. The first-order valence-corrected chi connectivity index (χ1v) is 47.5. The van der Waals surface area contributed by atoms with Crippen LogP contribution in [0.25, 0.3) is 88.6 Å². The Morgan fingerprint density at radius 3 is 0.946 bits per heavy atom. The van der Waals surface area contributed by atoms with E-state index in [1.54, 1.807) is 19.4 Å². The first kappa shape index (κ1) is 95.5. The van der Waals surface area contributed by atoms with Crippen LogP contribution in [0, 0.1) is 0 Å². The summed E-state index contributed by atoms with van der Waals surface area (Å²) in [4.78, 5) is 58.7. The van der Waals surface area contributed by atoms with Crippen LogP contribution >= 0.6 is 0 Å². The number of hydrogen-bond acceptors (Lipinski definition) is 20. The molecule has 27 rings (SSSR count). The predicted octanol–water partition coefficient (Wildman–Crippen LogP) is 24.9. The number of amidine groups is 2. The van der Waals surface area contributed by atoms with Crippen LogP contribution in [0.1, 0.15) is 87.7 Å². The smallest absolute Gasteiger partial charge is 0.439 e. The van der Waals surface area contributed by atoms with Gasteiger partial charge in [-0.1, -0.05) is 318 Å². The van der Waals surface area contributed by atoms with Gasteiger partial charge in [-0.3, -0.25) is 38.5 Å². The van der Waals surface area contributed by atoms with Crippen molar-refractivity contribution < 1.29 is 58.6 Å². The summed E-state index contributed by atoms with van der Waals surface area (Å²) in [5, 5.41) is 53.0. The second-order valence-corrected chi connectivity index (χ2v) is 36.0. The topological polar surface area (TPSA) is 311 Å². The van der Waals surface area contributed by atoms with Gasteiger partial charge in [0.15, 0.2) is 29.5 Å². The normalized spacial score (nSPS) is 15.4. The van der Waals surface area contributed by atoms with Crippen molar-refractivity contribution >= 4 is 116 Å². The molecule has 24 bridgehead atoms.